The molecular formula is C24H36N4O. The lowest BCUT2D eigenvalue weighted by Crippen LogP contribution is -2.47. The summed E-state index contributed by atoms with van der Waals surface area (Å²) < 4.78 is 1.98. The number of hydrogen-bond donors (Lipinski definition) is 0. The van der Waals surface area contributed by atoms with E-state index in [4.69, 9.17) is 0 Å². The van der Waals surface area contributed by atoms with E-state index in [2.05, 4.69) is 60.0 Å². The molecule has 1 fully saturated rings. The third-order valence-corrected chi connectivity index (χ3v) is 6.84. The first-order valence-electron chi connectivity index (χ1n) is 11.2. The molecule has 1 aromatic carbocycles. The second kappa shape index (κ2) is 10.0. The highest BCUT2D eigenvalue weighted by Gasteiger charge is 2.40. The number of unbranched alkanes of at least 4 members (excludes halogenated alkanes) is 1. The summed E-state index contributed by atoms with van der Waals surface area (Å²) in [5.74, 6) is 0.914. The number of benzene rings is 1. The number of aryl methyl sites for hydroxylation is 2. The van der Waals surface area contributed by atoms with Crippen LogP contribution in [0.5, 0.6) is 0 Å². The molecule has 0 saturated carbocycles. The normalized spacial score (nSPS) is 17.3. The van der Waals surface area contributed by atoms with Crippen molar-refractivity contribution in [3.8, 4) is 0 Å². The van der Waals surface area contributed by atoms with Crippen LogP contribution in [-0.2, 0) is 17.8 Å². The number of likely N-dealkylation sites (tertiary alicyclic amines) is 1. The maximum Gasteiger partial charge on any atom is 0.222 e. The SMILES string of the molecule is CCCCC(C)C1(Cn2cncn2)CCN(C(=O)CCc2ccc(C)cc2)CC1. The van der Waals surface area contributed by atoms with Gasteiger partial charge in [-0.15, -0.1) is 0 Å². The molecule has 1 atom stereocenters. The molecule has 2 aromatic rings. The summed E-state index contributed by atoms with van der Waals surface area (Å²) in [4.78, 5) is 19.0. The molecule has 5 nitrogen and oxygen atoms in total. The summed E-state index contributed by atoms with van der Waals surface area (Å²) in [6.07, 6.45) is 10.7. The standard InChI is InChI=1S/C24H36N4O/c1-4-5-6-21(3)24(17-28-19-25-18-26-28)13-15-27(16-14-24)23(29)12-11-22-9-7-20(2)8-10-22/h7-10,18-19,21H,4-6,11-17H2,1-3H3. The maximum absolute atomic E-state index is 12.8. The van der Waals surface area contributed by atoms with Crippen LogP contribution in [0, 0.1) is 18.3 Å². The van der Waals surface area contributed by atoms with Crippen molar-refractivity contribution in [2.24, 2.45) is 11.3 Å². The number of carbonyl (C=O) groups excluding carboxylic acids is 1. The van der Waals surface area contributed by atoms with Gasteiger partial charge in [0.15, 0.2) is 0 Å². The Hall–Kier alpha value is -2.17. The summed E-state index contributed by atoms with van der Waals surface area (Å²) in [7, 11) is 0. The molecular weight excluding hydrogens is 360 g/mol. The van der Waals surface area contributed by atoms with Crippen molar-refractivity contribution in [3.63, 3.8) is 0 Å². The Balaban J connectivity index is 1.58. The molecule has 1 unspecified atom stereocenters. The third kappa shape index (κ3) is 5.68. The molecule has 0 N–H and O–H groups in total. The Labute approximate surface area is 175 Å². The highest BCUT2D eigenvalue weighted by molar-refractivity contribution is 5.76. The zero-order chi connectivity index (χ0) is 20.7. The maximum atomic E-state index is 12.8. The fourth-order valence-electron chi connectivity index (χ4n) is 4.63. The number of carbonyl (C=O) groups is 1. The van der Waals surface area contributed by atoms with E-state index in [1.165, 1.54) is 30.4 Å². The van der Waals surface area contributed by atoms with E-state index in [-0.39, 0.29) is 5.41 Å². The van der Waals surface area contributed by atoms with Gasteiger partial charge in [-0.25, -0.2) is 4.98 Å². The van der Waals surface area contributed by atoms with Crippen LogP contribution in [0.1, 0.15) is 63.5 Å². The molecule has 0 spiro atoms. The van der Waals surface area contributed by atoms with Crippen molar-refractivity contribution in [1.82, 2.24) is 19.7 Å². The van der Waals surface area contributed by atoms with Crippen molar-refractivity contribution >= 4 is 5.91 Å². The molecule has 1 saturated heterocycles. The second-order valence-electron chi connectivity index (χ2n) is 8.87. The number of piperidine rings is 1. The monoisotopic (exact) mass is 396 g/mol. The number of aromatic nitrogens is 3. The van der Waals surface area contributed by atoms with Crippen LogP contribution in [0.25, 0.3) is 0 Å². The first-order valence-corrected chi connectivity index (χ1v) is 11.2. The highest BCUT2D eigenvalue weighted by Crippen LogP contribution is 2.42. The van der Waals surface area contributed by atoms with Crippen LogP contribution in [0.15, 0.2) is 36.9 Å². The topological polar surface area (TPSA) is 51.0 Å². The van der Waals surface area contributed by atoms with Crippen LogP contribution in [0.4, 0.5) is 0 Å². The van der Waals surface area contributed by atoms with Gasteiger partial charge in [0.1, 0.15) is 12.7 Å². The van der Waals surface area contributed by atoms with Crippen molar-refractivity contribution in [3.05, 3.63) is 48.0 Å². The zero-order valence-corrected chi connectivity index (χ0v) is 18.3. The smallest absolute Gasteiger partial charge is 0.222 e. The number of rotatable bonds is 9. The molecule has 2 heterocycles. The quantitative estimate of drug-likeness (QED) is 0.620. The molecule has 1 aliphatic heterocycles. The van der Waals surface area contributed by atoms with Gasteiger partial charge < -0.3 is 4.90 Å². The third-order valence-electron chi connectivity index (χ3n) is 6.84. The highest BCUT2D eigenvalue weighted by atomic mass is 16.2. The van der Waals surface area contributed by atoms with Crippen molar-refractivity contribution in [2.45, 2.75) is 72.3 Å². The van der Waals surface area contributed by atoms with Gasteiger partial charge in [0.05, 0.1) is 0 Å². The average Bonchev–Trinajstić information content (AvgIpc) is 3.24. The summed E-state index contributed by atoms with van der Waals surface area (Å²) in [5, 5.41) is 4.37. The van der Waals surface area contributed by atoms with E-state index in [1.807, 2.05) is 11.0 Å². The first kappa shape index (κ1) is 21.5. The number of hydrogen-bond acceptors (Lipinski definition) is 3. The van der Waals surface area contributed by atoms with Gasteiger partial charge in [0.2, 0.25) is 5.91 Å². The lowest BCUT2D eigenvalue weighted by molar-refractivity contribution is -0.134. The first-order chi connectivity index (χ1) is 14.0. The minimum atomic E-state index is 0.205. The molecule has 5 heteroatoms. The van der Waals surface area contributed by atoms with E-state index in [1.54, 1.807) is 6.33 Å². The van der Waals surface area contributed by atoms with Crippen LogP contribution in [-0.4, -0.2) is 38.7 Å². The molecule has 1 aromatic heterocycles. The molecule has 3 rings (SSSR count). The molecule has 0 radical (unpaired) electrons. The van der Waals surface area contributed by atoms with E-state index < -0.39 is 0 Å². The largest absolute Gasteiger partial charge is 0.343 e. The lowest BCUT2D eigenvalue weighted by Gasteiger charge is -2.45. The predicted octanol–water partition coefficient (Wildman–Crippen LogP) is 4.65. The van der Waals surface area contributed by atoms with Crippen LogP contribution in [0.3, 0.4) is 0 Å². The predicted molar refractivity (Wildman–Crippen MR) is 116 cm³/mol. The Kier molecular flexibility index (Phi) is 7.45. The van der Waals surface area contributed by atoms with Gasteiger partial charge in [-0.1, -0.05) is 62.9 Å². The summed E-state index contributed by atoms with van der Waals surface area (Å²) >= 11 is 0. The fourth-order valence-corrected chi connectivity index (χ4v) is 4.63. The van der Waals surface area contributed by atoms with Crippen LogP contribution >= 0.6 is 0 Å². The summed E-state index contributed by atoms with van der Waals surface area (Å²) in [6, 6.07) is 8.52. The van der Waals surface area contributed by atoms with E-state index >= 15 is 0 Å². The Bertz CT molecular complexity index is 746. The van der Waals surface area contributed by atoms with Gasteiger partial charge in [0, 0.05) is 26.1 Å². The van der Waals surface area contributed by atoms with E-state index in [9.17, 15) is 4.79 Å². The Morgan fingerprint density at radius 3 is 2.55 bits per heavy atom. The number of amides is 1. The molecule has 1 aliphatic rings. The van der Waals surface area contributed by atoms with Crippen LogP contribution < -0.4 is 0 Å². The van der Waals surface area contributed by atoms with Gasteiger partial charge in [-0.3, -0.25) is 9.48 Å². The summed E-state index contributed by atoms with van der Waals surface area (Å²) in [5.41, 5.74) is 2.71. The lowest BCUT2D eigenvalue weighted by atomic mass is 9.67. The fraction of sp³-hybridized carbons (Fsp3) is 0.625. The van der Waals surface area contributed by atoms with Crippen LogP contribution in [0.2, 0.25) is 0 Å². The zero-order valence-electron chi connectivity index (χ0n) is 18.3. The van der Waals surface area contributed by atoms with E-state index in [0.717, 1.165) is 38.9 Å². The van der Waals surface area contributed by atoms with E-state index in [0.29, 0.717) is 18.2 Å². The van der Waals surface area contributed by atoms with Crippen molar-refractivity contribution in [1.29, 1.82) is 0 Å². The van der Waals surface area contributed by atoms with Gasteiger partial charge in [0.25, 0.3) is 0 Å². The van der Waals surface area contributed by atoms with Crippen molar-refractivity contribution < 1.29 is 4.79 Å². The average molecular weight is 397 g/mol. The molecule has 1 amide bonds. The van der Waals surface area contributed by atoms with Crippen molar-refractivity contribution in [2.75, 3.05) is 13.1 Å². The molecule has 0 aliphatic carbocycles. The summed E-state index contributed by atoms with van der Waals surface area (Å²) in [6.45, 7) is 9.36. The van der Waals surface area contributed by atoms with Gasteiger partial charge in [-0.2, -0.15) is 5.10 Å². The van der Waals surface area contributed by atoms with Gasteiger partial charge in [-0.05, 0) is 43.1 Å². The minimum absolute atomic E-state index is 0.205. The van der Waals surface area contributed by atoms with Gasteiger partial charge >= 0.3 is 0 Å². The molecule has 0 bridgehead atoms. The molecule has 158 valence electrons. The number of nitrogens with zero attached hydrogens (tertiary/aromatic N) is 4. The Morgan fingerprint density at radius 1 is 1.21 bits per heavy atom. The molecule has 29 heavy (non-hydrogen) atoms. The minimum Gasteiger partial charge on any atom is -0.343 e. The second-order valence-corrected chi connectivity index (χ2v) is 8.87. The Morgan fingerprint density at radius 2 is 1.93 bits per heavy atom.